The lowest BCUT2D eigenvalue weighted by Gasteiger charge is -2.26. The summed E-state index contributed by atoms with van der Waals surface area (Å²) >= 11 is 0. The van der Waals surface area contributed by atoms with E-state index in [1.54, 1.807) is 7.11 Å². The standard InChI is InChI=1S/C15H24N2O/c1-3-9-16-14(12-18-2)11-17-10-8-13-6-4-5-7-15(13)17/h4-7,14,16H,3,8-12H2,1-2H3. The normalized spacial score (nSPS) is 15.8. The van der Waals surface area contributed by atoms with Crippen molar-refractivity contribution in [1.82, 2.24) is 5.32 Å². The zero-order valence-corrected chi connectivity index (χ0v) is 11.5. The summed E-state index contributed by atoms with van der Waals surface area (Å²) in [6.45, 7) is 6.20. The molecule has 18 heavy (non-hydrogen) atoms. The van der Waals surface area contributed by atoms with Gasteiger partial charge in [0.05, 0.1) is 6.61 Å². The number of fused-ring (bicyclic) bond motifs is 1. The number of ether oxygens (including phenoxy) is 1. The van der Waals surface area contributed by atoms with E-state index < -0.39 is 0 Å². The first-order valence-electron chi connectivity index (χ1n) is 6.90. The van der Waals surface area contributed by atoms with E-state index in [4.69, 9.17) is 4.74 Å². The topological polar surface area (TPSA) is 24.5 Å². The van der Waals surface area contributed by atoms with Crippen LogP contribution >= 0.6 is 0 Å². The maximum absolute atomic E-state index is 5.31. The van der Waals surface area contributed by atoms with Crippen LogP contribution in [0, 0.1) is 0 Å². The molecule has 0 aliphatic carbocycles. The number of rotatable bonds is 7. The molecule has 1 aromatic carbocycles. The second-order valence-corrected chi connectivity index (χ2v) is 4.93. The quantitative estimate of drug-likeness (QED) is 0.799. The molecule has 1 aromatic rings. The molecule has 100 valence electrons. The van der Waals surface area contributed by atoms with Crippen LogP contribution in [-0.2, 0) is 11.2 Å². The van der Waals surface area contributed by atoms with Crippen molar-refractivity contribution in [2.24, 2.45) is 0 Å². The predicted octanol–water partition coefficient (Wildman–Crippen LogP) is 2.06. The van der Waals surface area contributed by atoms with E-state index in [1.165, 1.54) is 17.7 Å². The predicted molar refractivity (Wildman–Crippen MR) is 76.3 cm³/mol. The van der Waals surface area contributed by atoms with Crippen LogP contribution in [0.1, 0.15) is 18.9 Å². The summed E-state index contributed by atoms with van der Waals surface area (Å²) in [5.74, 6) is 0. The molecular weight excluding hydrogens is 224 g/mol. The Balaban J connectivity index is 1.95. The van der Waals surface area contributed by atoms with Gasteiger partial charge < -0.3 is 15.0 Å². The van der Waals surface area contributed by atoms with Crippen molar-refractivity contribution >= 4 is 5.69 Å². The summed E-state index contributed by atoms with van der Waals surface area (Å²) in [4.78, 5) is 2.47. The highest BCUT2D eigenvalue weighted by Gasteiger charge is 2.21. The van der Waals surface area contributed by atoms with Crippen LogP contribution in [0.4, 0.5) is 5.69 Å². The Morgan fingerprint density at radius 2 is 2.22 bits per heavy atom. The number of methoxy groups -OCH3 is 1. The van der Waals surface area contributed by atoms with Crippen molar-refractivity contribution in [3.05, 3.63) is 29.8 Å². The fraction of sp³-hybridized carbons (Fsp3) is 0.600. The highest BCUT2D eigenvalue weighted by Crippen LogP contribution is 2.27. The molecule has 1 heterocycles. The molecular formula is C15H24N2O. The molecule has 0 aromatic heterocycles. The van der Waals surface area contributed by atoms with Crippen molar-refractivity contribution in [3.63, 3.8) is 0 Å². The van der Waals surface area contributed by atoms with Crippen LogP contribution in [0.25, 0.3) is 0 Å². The maximum Gasteiger partial charge on any atom is 0.0633 e. The average Bonchev–Trinajstić information content (AvgIpc) is 2.80. The Morgan fingerprint density at radius 3 is 3.00 bits per heavy atom. The molecule has 0 spiro atoms. The van der Waals surface area contributed by atoms with E-state index in [0.717, 1.165) is 32.7 Å². The lowest BCUT2D eigenvalue weighted by molar-refractivity contribution is 0.168. The number of nitrogens with one attached hydrogen (secondary N) is 1. The largest absolute Gasteiger partial charge is 0.383 e. The van der Waals surface area contributed by atoms with Gasteiger partial charge in [0.15, 0.2) is 0 Å². The van der Waals surface area contributed by atoms with Crippen molar-refractivity contribution in [2.75, 3.05) is 38.3 Å². The number of nitrogens with zero attached hydrogens (tertiary/aromatic N) is 1. The van der Waals surface area contributed by atoms with Gasteiger partial charge in [-0.1, -0.05) is 25.1 Å². The summed E-state index contributed by atoms with van der Waals surface area (Å²) in [6, 6.07) is 9.14. The third kappa shape index (κ3) is 3.24. The van der Waals surface area contributed by atoms with E-state index in [2.05, 4.69) is 41.4 Å². The SMILES string of the molecule is CCCNC(COC)CN1CCc2ccccc21. The van der Waals surface area contributed by atoms with Crippen LogP contribution in [0.5, 0.6) is 0 Å². The lowest BCUT2D eigenvalue weighted by atomic mass is 10.2. The fourth-order valence-electron chi connectivity index (χ4n) is 2.59. The Morgan fingerprint density at radius 1 is 1.39 bits per heavy atom. The van der Waals surface area contributed by atoms with Crippen LogP contribution in [0.3, 0.4) is 0 Å². The molecule has 1 N–H and O–H groups in total. The lowest BCUT2D eigenvalue weighted by Crippen LogP contribution is -2.43. The molecule has 2 rings (SSSR count). The van der Waals surface area contributed by atoms with Gasteiger partial charge >= 0.3 is 0 Å². The zero-order valence-electron chi connectivity index (χ0n) is 11.5. The average molecular weight is 248 g/mol. The number of anilines is 1. The monoisotopic (exact) mass is 248 g/mol. The van der Waals surface area contributed by atoms with Gasteiger partial charge in [-0.3, -0.25) is 0 Å². The molecule has 0 saturated heterocycles. The summed E-state index contributed by atoms with van der Waals surface area (Å²) in [5.41, 5.74) is 2.88. The highest BCUT2D eigenvalue weighted by molar-refractivity contribution is 5.57. The smallest absolute Gasteiger partial charge is 0.0633 e. The Kier molecular flexibility index (Phi) is 5.02. The van der Waals surface area contributed by atoms with Gasteiger partial charge in [0, 0.05) is 31.9 Å². The molecule has 0 saturated carbocycles. The molecule has 1 atom stereocenters. The minimum Gasteiger partial charge on any atom is -0.383 e. The number of para-hydroxylation sites is 1. The van der Waals surface area contributed by atoms with Gasteiger partial charge in [0.25, 0.3) is 0 Å². The van der Waals surface area contributed by atoms with Gasteiger partial charge in [-0.2, -0.15) is 0 Å². The summed E-state index contributed by atoms with van der Waals surface area (Å²) in [6.07, 6.45) is 2.33. The van der Waals surface area contributed by atoms with Gasteiger partial charge in [-0.15, -0.1) is 0 Å². The van der Waals surface area contributed by atoms with Crippen LogP contribution in [-0.4, -0.2) is 39.4 Å². The van der Waals surface area contributed by atoms with Crippen molar-refractivity contribution in [1.29, 1.82) is 0 Å². The van der Waals surface area contributed by atoms with E-state index in [9.17, 15) is 0 Å². The first kappa shape index (κ1) is 13.4. The van der Waals surface area contributed by atoms with Crippen molar-refractivity contribution in [3.8, 4) is 0 Å². The molecule has 0 fully saturated rings. The van der Waals surface area contributed by atoms with Crippen molar-refractivity contribution in [2.45, 2.75) is 25.8 Å². The van der Waals surface area contributed by atoms with Gasteiger partial charge in [-0.05, 0) is 31.0 Å². The van der Waals surface area contributed by atoms with Gasteiger partial charge in [0.1, 0.15) is 0 Å². The second kappa shape index (κ2) is 6.76. The summed E-state index contributed by atoms with van der Waals surface area (Å²) in [5, 5.41) is 3.56. The molecule has 0 amide bonds. The minimum atomic E-state index is 0.418. The first-order valence-corrected chi connectivity index (χ1v) is 6.90. The Hall–Kier alpha value is -1.06. The van der Waals surface area contributed by atoms with Crippen LogP contribution < -0.4 is 10.2 Å². The number of hydrogen-bond donors (Lipinski definition) is 1. The minimum absolute atomic E-state index is 0.418. The van der Waals surface area contributed by atoms with Crippen LogP contribution in [0.15, 0.2) is 24.3 Å². The van der Waals surface area contributed by atoms with E-state index >= 15 is 0 Å². The van der Waals surface area contributed by atoms with Crippen molar-refractivity contribution < 1.29 is 4.74 Å². The number of hydrogen-bond acceptors (Lipinski definition) is 3. The molecule has 3 nitrogen and oxygen atoms in total. The Labute approximate surface area is 110 Å². The maximum atomic E-state index is 5.31. The highest BCUT2D eigenvalue weighted by atomic mass is 16.5. The summed E-state index contributed by atoms with van der Waals surface area (Å²) < 4.78 is 5.31. The fourth-order valence-corrected chi connectivity index (χ4v) is 2.59. The second-order valence-electron chi connectivity index (χ2n) is 4.93. The molecule has 3 heteroatoms. The first-order chi connectivity index (χ1) is 8.85. The molecule has 0 bridgehead atoms. The van der Waals surface area contributed by atoms with E-state index in [1.807, 2.05) is 0 Å². The zero-order chi connectivity index (χ0) is 12.8. The molecule has 0 radical (unpaired) electrons. The van der Waals surface area contributed by atoms with E-state index in [-0.39, 0.29) is 0 Å². The summed E-state index contributed by atoms with van der Waals surface area (Å²) in [7, 11) is 1.78. The van der Waals surface area contributed by atoms with Gasteiger partial charge in [-0.25, -0.2) is 0 Å². The third-order valence-corrected chi connectivity index (χ3v) is 3.47. The molecule has 1 aliphatic heterocycles. The Bertz CT molecular complexity index is 367. The molecule has 1 unspecified atom stereocenters. The third-order valence-electron chi connectivity index (χ3n) is 3.47. The van der Waals surface area contributed by atoms with Crippen LogP contribution in [0.2, 0.25) is 0 Å². The molecule has 1 aliphatic rings. The van der Waals surface area contributed by atoms with Gasteiger partial charge in [0.2, 0.25) is 0 Å². The number of benzene rings is 1. The van der Waals surface area contributed by atoms with E-state index in [0.29, 0.717) is 6.04 Å².